The lowest BCUT2D eigenvalue weighted by atomic mass is 9.82. The van der Waals surface area contributed by atoms with Crippen molar-refractivity contribution >= 4 is 28.5 Å². The van der Waals surface area contributed by atoms with E-state index >= 15 is 0 Å². The lowest BCUT2D eigenvalue weighted by Crippen LogP contribution is -2.01. The molecule has 0 bridgehead atoms. The van der Waals surface area contributed by atoms with Crippen molar-refractivity contribution in [1.29, 1.82) is 0 Å². The van der Waals surface area contributed by atoms with Crippen LogP contribution in [0.1, 0.15) is 56.9 Å². The molecule has 164 valence electrons. The van der Waals surface area contributed by atoms with Crippen molar-refractivity contribution in [1.82, 2.24) is 0 Å². The number of aryl methyl sites for hydroxylation is 1. The third-order valence-electron chi connectivity index (χ3n) is 5.72. The molecule has 2 rings (SSSR count). The third-order valence-corrected chi connectivity index (χ3v) is 5.72. The molecule has 2 aromatic carbocycles. The smallest absolute Gasteiger partial charge is 0.00672 e. The average molecular weight is 421 g/mol. The number of benzene rings is 2. The van der Waals surface area contributed by atoms with Crippen molar-refractivity contribution in [2.45, 2.75) is 41.5 Å². The van der Waals surface area contributed by atoms with Crippen LogP contribution in [0.15, 0.2) is 103 Å². The van der Waals surface area contributed by atoms with Gasteiger partial charge < -0.3 is 0 Å². The first kappa shape index (κ1) is 24.9. The molecule has 0 heterocycles. The van der Waals surface area contributed by atoms with Crippen LogP contribution < -0.4 is 0 Å². The van der Waals surface area contributed by atoms with Gasteiger partial charge in [0.1, 0.15) is 0 Å². The van der Waals surface area contributed by atoms with Crippen LogP contribution in [-0.4, -0.2) is 0 Å². The van der Waals surface area contributed by atoms with E-state index in [0.29, 0.717) is 0 Å². The second kappa shape index (κ2) is 11.3. The normalized spacial score (nSPS) is 13.7. The van der Waals surface area contributed by atoms with Crippen LogP contribution in [0.3, 0.4) is 0 Å². The van der Waals surface area contributed by atoms with Crippen LogP contribution in [0.5, 0.6) is 0 Å². The number of hydrogen-bond donors (Lipinski definition) is 0. The third kappa shape index (κ3) is 5.08. The Hall–Kier alpha value is -3.38. The summed E-state index contributed by atoms with van der Waals surface area (Å²) in [5.41, 5.74) is 10.6. The predicted octanol–water partition coefficient (Wildman–Crippen LogP) is 9.81. The number of fused-ring (bicyclic) bond motifs is 1. The molecule has 0 spiro atoms. The van der Waals surface area contributed by atoms with E-state index in [1.807, 2.05) is 19.1 Å². The highest BCUT2D eigenvalue weighted by molar-refractivity contribution is 6.03. The van der Waals surface area contributed by atoms with E-state index in [1.54, 1.807) is 0 Å². The van der Waals surface area contributed by atoms with Crippen molar-refractivity contribution in [2.75, 3.05) is 0 Å². The van der Waals surface area contributed by atoms with Gasteiger partial charge in [-0.3, -0.25) is 0 Å². The molecule has 0 aromatic heterocycles. The fourth-order valence-corrected chi connectivity index (χ4v) is 4.26. The maximum Gasteiger partial charge on any atom is -0.00672 e. The number of allylic oxidation sites excluding steroid dienone is 11. The van der Waals surface area contributed by atoms with Crippen LogP contribution >= 0.6 is 0 Å². The van der Waals surface area contributed by atoms with Gasteiger partial charge in [0.15, 0.2) is 0 Å². The molecule has 0 unspecified atom stereocenters. The Morgan fingerprint density at radius 2 is 1.50 bits per heavy atom. The van der Waals surface area contributed by atoms with E-state index in [0.717, 1.165) is 16.7 Å². The van der Waals surface area contributed by atoms with Gasteiger partial charge in [-0.2, -0.15) is 0 Å². The standard InChI is InChI=1S/C32H36/c1-10-17-31-28(14-5)30-19-16-15-18-29(30)24(9)32(31)27(13-4)26(12-3)21-23(8)25(11-2)20-22(6)7/h10-21H,2,5-6H2,1,3-4,7-9H3/b17-10-,23-21+,25-20+,26-12+,27-13-. The first-order valence-electron chi connectivity index (χ1n) is 11.2. The van der Waals surface area contributed by atoms with Crippen molar-refractivity contribution in [3.63, 3.8) is 0 Å². The molecule has 0 amide bonds. The zero-order valence-corrected chi connectivity index (χ0v) is 20.5. The topological polar surface area (TPSA) is 0 Å². The second-order valence-electron chi connectivity index (χ2n) is 8.00. The number of rotatable bonds is 8. The summed E-state index contributed by atoms with van der Waals surface area (Å²) in [6.07, 6.45) is 16.9. The second-order valence-corrected chi connectivity index (χ2v) is 8.00. The highest BCUT2D eigenvalue weighted by atomic mass is 14.2. The molecule has 0 atom stereocenters. The molecule has 0 saturated heterocycles. The monoisotopic (exact) mass is 420 g/mol. The molecule has 0 radical (unpaired) electrons. The minimum atomic E-state index is 1.01. The molecular formula is C32H36. The largest absolute Gasteiger partial charge is 0.0985 e. The molecule has 0 nitrogen and oxygen atoms in total. The fourth-order valence-electron chi connectivity index (χ4n) is 4.26. The fraction of sp³-hybridized carbons (Fsp3) is 0.188. The summed E-state index contributed by atoms with van der Waals surface area (Å²) in [7, 11) is 0. The molecule has 0 aliphatic heterocycles. The first-order chi connectivity index (χ1) is 15.3. The highest BCUT2D eigenvalue weighted by Gasteiger charge is 2.18. The Morgan fingerprint density at radius 1 is 0.844 bits per heavy atom. The zero-order chi connectivity index (χ0) is 23.8. The summed E-state index contributed by atoms with van der Waals surface area (Å²) in [4.78, 5) is 0. The Kier molecular flexibility index (Phi) is 8.79. The molecule has 0 aliphatic rings. The van der Waals surface area contributed by atoms with Gasteiger partial charge in [0, 0.05) is 0 Å². The Morgan fingerprint density at radius 3 is 2.00 bits per heavy atom. The van der Waals surface area contributed by atoms with Crippen LogP contribution in [0, 0.1) is 6.92 Å². The molecule has 0 N–H and O–H groups in total. The Bertz CT molecular complexity index is 1200. The summed E-state index contributed by atoms with van der Waals surface area (Å²) in [6.45, 7) is 24.8. The lowest BCUT2D eigenvalue weighted by Gasteiger charge is -2.21. The zero-order valence-electron chi connectivity index (χ0n) is 20.5. The summed E-state index contributed by atoms with van der Waals surface area (Å²) in [5.74, 6) is 0. The van der Waals surface area contributed by atoms with Crippen molar-refractivity contribution < 1.29 is 0 Å². The number of hydrogen-bond acceptors (Lipinski definition) is 0. The van der Waals surface area contributed by atoms with Gasteiger partial charge in [0.25, 0.3) is 0 Å². The van der Waals surface area contributed by atoms with Gasteiger partial charge >= 0.3 is 0 Å². The maximum atomic E-state index is 4.15. The van der Waals surface area contributed by atoms with Crippen molar-refractivity contribution in [3.8, 4) is 0 Å². The van der Waals surface area contributed by atoms with E-state index < -0.39 is 0 Å². The van der Waals surface area contributed by atoms with E-state index in [1.165, 1.54) is 44.2 Å². The summed E-state index contributed by atoms with van der Waals surface area (Å²) < 4.78 is 0. The van der Waals surface area contributed by atoms with E-state index in [4.69, 9.17) is 0 Å². The van der Waals surface area contributed by atoms with Gasteiger partial charge in [-0.25, -0.2) is 0 Å². The summed E-state index contributed by atoms with van der Waals surface area (Å²) >= 11 is 0. The van der Waals surface area contributed by atoms with Crippen LogP contribution in [-0.2, 0) is 0 Å². The van der Waals surface area contributed by atoms with E-state index in [-0.39, 0.29) is 0 Å². The molecule has 2 aromatic rings. The van der Waals surface area contributed by atoms with Crippen LogP contribution in [0.25, 0.3) is 28.5 Å². The van der Waals surface area contributed by atoms with Gasteiger partial charge in [0.2, 0.25) is 0 Å². The average Bonchev–Trinajstić information content (AvgIpc) is 2.79. The lowest BCUT2D eigenvalue weighted by molar-refractivity contribution is 1.37. The van der Waals surface area contributed by atoms with E-state index in [2.05, 4.69) is 115 Å². The van der Waals surface area contributed by atoms with E-state index in [9.17, 15) is 0 Å². The minimum absolute atomic E-state index is 1.01. The SMILES string of the molecule is C=CC(=C\C(=C)C)/C(C)=C/C(=C\C)C(=C/C)/c1c(/C=C\C)c(C=C)c2ccccc2c1C. The van der Waals surface area contributed by atoms with Crippen LogP contribution in [0.4, 0.5) is 0 Å². The van der Waals surface area contributed by atoms with Crippen molar-refractivity contribution in [3.05, 3.63) is 125 Å². The highest BCUT2D eigenvalue weighted by Crippen LogP contribution is 2.39. The molecule has 32 heavy (non-hydrogen) atoms. The first-order valence-corrected chi connectivity index (χ1v) is 11.2. The molecule has 0 heteroatoms. The van der Waals surface area contributed by atoms with Gasteiger partial charge in [-0.15, -0.1) is 0 Å². The van der Waals surface area contributed by atoms with Gasteiger partial charge in [-0.1, -0.05) is 98.2 Å². The summed E-state index contributed by atoms with van der Waals surface area (Å²) in [5, 5.41) is 2.49. The molecular weight excluding hydrogens is 384 g/mol. The predicted molar refractivity (Wildman–Crippen MR) is 148 cm³/mol. The molecule has 0 saturated carbocycles. The van der Waals surface area contributed by atoms with Crippen LogP contribution in [0.2, 0.25) is 0 Å². The van der Waals surface area contributed by atoms with Gasteiger partial charge in [0.05, 0.1) is 0 Å². The molecule has 0 fully saturated rings. The Balaban J connectivity index is 2.88. The van der Waals surface area contributed by atoms with Crippen molar-refractivity contribution in [2.24, 2.45) is 0 Å². The maximum absolute atomic E-state index is 4.15. The summed E-state index contributed by atoms with van der Waals surface area (Å²) in [6, 6.07) is 8.59. The minimum Gasteiger partial charge on any atom is -0.0985 e. The quantitative estimate of drug-likeness (QED) is 0.373. The van der Waals surface area contributed by atoms with Gasteiger partial charge in [-0.05, 0) is 96.9 Å². The molecule has 0 aliphatic carbocycles. The Labute approximate surface area is 195 Å².